The zero-order valence-corrected chi connectivity index (χ0v) is 12.1. The monoisotopic (exact) mass is 310 g/mol. The molecule has 0 saturated carbocycles. The van der Waals surface area contributed by atoms with Crippen LogP contribution in [0, 0.1) is 11.3 Å². The molecule has 0 fully saturated rings. The number of carbonyl (C=O) groups excluding carboxylic acids is 1. The average Bonchev–Trinajstić information content (AvgIpc) is 2.55. The summed E-state index contributed by atoms with van der Waals surface area (Å²) in [7, 11) is 0. The number of pyridine rings is 1. The summed E-state index contributed by atoms with van der Waals surface area (Å²) in [5.41, 5.74) is 1.58. The fourth-order valence-electron chi connectivity index (χ4n) is 1.96. The molecule has 116 valence electrons. The van der Waals surface area contributed by atoms with Crippen molar-refractivity contribution in [3.05, 3.63) is 59.9 Å². The van der Waals surface area contributed by atoms with Gasteiger partial charge in [-0.1, -0.05) is 6.07 Å². The molecule has 7 nitrogen and oxygen atoms in total. The number of anilines is 1. The van der Waals surface area contributed by atoms with Crippen molar-refractivity contribution < 1.29 is 14.7 Å². The fraction of sp³-hybridized carbons (Fsp3) is 0.125. The summed E-state index contributed by atoms with van der Waals surface area (Å²) in [6.07, 6.45) is 2.82. The number of hydrogen-bond acceptors (Lipinski definition) is 4. The van der Waals surface area contributed by atoms with E-state index in [1.807, 2.05) is 6.07 Å². The maximum absolute atomic E-state index is 12.0. The second kappa shape index (κ2) is 7.56. The molecule has 3 N–H and O–H groups in total. The molecule has 1 aromatic heterocycles. The number of nitrogens with one attached hydrogen (secondary N) is 2. The second-order valence-electron chi connectivity index (χ2n) is 4.72. The van der Waals surface area contributed by atoms with E-state index in [0.717, 1.165) is 0 Å². The SMILES string of the molecule is N#Cc1ccc(NC(=O)NC(CC(=O)O)c2cccnc2)cc1. The highest BCUT2D eigenvalue weighted by Crippen LogP contribution is 2.16. The van der Waals surface area contributed by atoms with Crippen LogP contribution in [0.15, 0.2) is 48.8 Å². The molecule has 23 heavy (non-hydrogen) atoms. The molecule has 2 rings (SSSR count). The highest BCUT2D eigenvalue weighted by Gasteiger charge is 2.18. The molecule has 0 radical (unpaired) electrons. The van der Waals surface area contributed by atoms with Gasteiger partial charge in [0.25, 0.3) is 0 Å². The van der Waals surface area contributed by atoms with E-state index in [9.17, 15) is 9.59 Å². The lowest BCUT2D eigenvalue weighted by Gasteiger charge is -2.17. The van der Waals surface area contributed by atoms with Gasteiger partial charge in [0.05, 0.1) is 24.1 Å². The Morgan fingerprint density at radius 1 is 1.26 bits per heavy atom. The molecule has 1 atom stereocenters. The number of aliphatic carboxylic acids is 1. The van der Waals surface area contributed by atoms with Gasteiger partial charge in [0, 0.05) is 18.1 Å². The number of carboxylic acid groups (broad SMARTS) is 1. The zero-order chi connectivity index (χ0) is 16.7. The van der Waals surface area contributed by atoms with Gasteiger partial charge >= 0.3 is 12.0 Å². The summed E-state index contributed by atoms with van der Waals surface area (Å²) in [6, 6.07) is 10.5. The normalized spacial score (nSPS) is 11.1. The van der Waals surface area contributed by atoms with E-state index in [1.54, 1.807) is 42.6 Å². The van der Waals surface area contributed by atoms with Crippen molar-refractivity contribution in [3.63, 3.8) is 0 Å². The van der Waals surface area contributed by atoms with Gasteiger partial charge in [0.15, 0.2) is 0 Å². The largest absolute Gasteiger partial charge is 0.481 e. The van der Waals surface area contributed by atoms with E-state index in [1.165, 1.54) is 6.20 Å². The molecule has 0 saturated heterocycles. The van der Waals surface area contributed by atoms with Gasteiger partial charge < -0.3 is 15.7 Å². The molecule has 0 aliphatic carbocycles. The van der Waals surface area contributed by atoms with Crippen molar-refractivity contribution in [2.24, 2.45) is 0 Å². The van der Waals surface area contributed by atoms with Gasteiger partial charge in [0.2, 0.25) is 0 Å². The Morgan fingerprint density at radius 3 is 2.57 bits per heavy atom. The minimum Gasteiger partial charge on any atom is -0.481 e. The first-order valence-electron chi connectivity index (χ1n) is 6.78. The van der Waals surface area contributed by atoms with Crippen LogP contribution in [0.2, 0.25) is 0 Å². The predicted octanol–water partition coefficient (Wildman–Crippen LogP) is 2.29. The Bertz CT molecular complexity index is 723. The number of carboxylic acids is 1. The first kappa shape index (κ1) is 16.0. The molecule has 1 aromatic carbocycles. The van der Waals surface area contributed by atoms with E-state index in [4.69, 9.17) is 10.4 Å². The van der Waals surface area contributed by atoms with Gasteiger partial charge in [-0.05, 0) is 35.9 Å². The number of nitriles is 1. The van der Waals surface area contributed by atoms with Crippen molar-refractivity contribution >= 4 is 17.7 Å². The highest BCUT2D eigenvalue weighted by atomic mass is 16.4. The molecule has 0 aliphatic rings. The first-order chi connectivity index (χ1) is 11.1. The third-order valence-electron chi connectivity index (χ3n) is 3.04. The number of nitrogens with zero attached hydrogens (tertiary/aromatic N) is 2. The third kappa shape index (κ3) is 4.82. The molecular weight excluding hydrogens is 296 g/mol. The van der Waals surface area contributed by atoms with Crippen LogP contribution in [0.1, 0.15) is 23.6 Å². The first-order valence-corrected chi connectivity index (χ1v) is 6.78. The summed E-state index contributed by atoms with van der Waals surface area (Å²) in [5, 5.41) is 22.9. The molecule has 0 aliphatic heterocycles. The van der Waals surface area contributed by atoms with Crippen LogP contribution in [-0.4, -0.2) is 22.1 Å². The molecular formula is C16H14N4O3. The molecule has 7 heteroatoms. The fourth-order valence-corrected chi connectivity index (χ4v) is 1.96. The van der Waals surface area contributed by atoms with Crippen LogP contribution >= 0.6 is 0 Å². The predicted molar refractivity (Wildman–Crippen MR) is 82.5 cm³/mol. The quantitative estimate of drug-likeness (QED) is 0.783. The van der Waals surface area contributed by atoms with Crippen molar-refractivity contribution in [1.29, 1.82) is 5.26 Å². The molecule has 0 spiro atoms. The lowest BCUT2D eigenvalue weighted by molar-refractivity contribution is -0.137. The maximum atomic E-state index is 12.0. The van der Waals surface area contributed by atoms with Gasteiger partial charge in [-0.15, -0.1) is 0 Å². The Hall–Kier alpha value is -3.40. The van der Waals surface area contributed by atoms with Crippen molar-refractivity contribution in [2.75, 3.05) is 5.32 Å². The number of carbonyl (C=O) groups is 2. The van der Waals surface area contributed by atoms with E-state index in [0.29, 0.717) is 16.8 Å². The smallest absolute Gasteiger partial charge is 0.319 e. The maximum Gasteiger partial charge on any atom is 0.319 e. The van der Waals surface area contributed by atoms with Crippen LogP contribution in [0.5, 0.6) is 0 Å². The number of urea groups is 1. The van der Waals surface area contributed by atoms with Crippen LogP contribution in [0.4, 0.5) is 10.5 Å². The van der Waals surface area contributed by atoms with E-state index in [-0.39, 0.29) is 6.42 Å². The van der Waals surface area contributed by atoms with E-state index < -0.39 is 18.0 Å². The average molecular weight is 310 g/mol. The summed E-state index contributed by atoms with van der Waals surface area (Å²) in [5.74, 6) is -1.03. The van der Waals surface area contributed by atoms with Crippen molar-refractivity contribution in [1.82, 2.24) is 10.3 Å². The minimum atomic E-state index is -1.03. The van der Waals surface area contributed by atoms with Crippen LogP contribution in [0.25, 0.3) is 0 Å². The Labute approximate surface area is 132 Å². The summed E-state index contributed by atoms with van der Waals surface area (Å²) in [6.45, 7) is 0. The van der Waals surface area contributed by atoms with Crippen molar-refractivity contribution in [2.45, 2.75) is 12.5 Å². The topological polar surface area (TPSA) is 115 Å². The third-order valence-corrected chi connectivity index (χ3v) is 3.04. The van der Waals surface area contributed by atoms with Gasteiger partial charge in [0.1, 0.15) is 0 Å². The molecule has 2 amide bonds. The zero-order valence-electron chi connectivity index (χ0n) is 12.1. The summed E-state index contributed by atoms with van der Waals surface area (Å²) in [4.78, 5) is 26.9. The number of benzene rings is 1. The summed E-state index contributed by atoms with van der Waals surface area (Å²) >= 11 is 0. The standard InChI is InChI=1S/C16H14N4O3/c17-9-11-3-5-13(6-4-11)19-16(23)20-14(8-15(21)22)12-2-1-7-18-10-12/h1-7,10,14H,8H2,(H,21,22)(H2,19,20,23). The van der Waals surface area contributed by atoms with Gasteiger partial charge in [-0.2, -0.15) is 5.26 Å². The van der Waals surface area contributed by atoms with Gasteiger partial charge in [-0.25, -0.2) is 4.79 Å². The van der Waals surface area contributed by atoms with Crippen molar-refractivity contribution in [3.8, 4) is 6.07 Å². The molecule has 2 aromatic rings. The van der Waals surface area contributed by atoms with E-state index >= 15 is 0 Å². The van der Waals surface area contributed by atoms with Crippen LogP contribution < -0.4 is 10.6 Å². The molecule has 0 bridgehead atoms. The lowest BCUT2D eigenvalue weighted by atomic mass is 10.1. The second-order valence-corrected chi connectivity index (χ2v) is 4.72. The van der Waals surface area contributed by atoms with E-state index in [2.05, 4.69) is 15.6 Å². The Morgan fingerprint density at radius 2 is 2.00 bits per heavy atom. The number of amides is 2. The van der Waals surface area contributed by atoms with Crippen LogP contribution in [0.3, 0.4) is 0 Å². The summed E-state index contributed by atoms with van der Waals surface area (Å²) < 4.78 is 0. The van der Waals surface area contributed by atoms with Gasteiger partial charge in [-0.3, -0.25) is 9.78 Å². The Kier molecular flexibility index (Phi) is 5.25. The highest BCUT2D eigenvalue weighted by molar-refractivity contribution is 5.89. The number of hydrogen-bond donors (Lipinski definition) is 3. The number of aromatic nitrogens is 1. The number of rotatable bonds is 5. The minimum absolute atomic E-state index is 0.257. The molecule has 1 heterocycles. The Balaban J connectivity index is 2.05. The van der Waals surface area contributed by atoms with Crippen LogP contribution in [-0.2, 0) is 4.79 Å². The lowest BCUT2D eigenvalue weighted by Crippen LogP contribution is -2.33. The molecule has 1 unspecified atom stereocenters.